The number of carbonyl (C=O) groups is 2. The number of nitrogens with zero attached hydrogens (tertiary/aromatic N) is 2. The summed E-state index contributed by atoms with van der Waals surface area (Å²) in [6, 6.07) is 6.75. The first kappa shape index (κ1) is 15.1. The maximum atomic E-state index is 12.3. The third-order valence-electron chi connectivity index (χ3n) is 3.97. The molecule has 120 valence electrons. The zero-order valence-electron chi connectivity index (χ0n) is 12.7. The van der Waals surface area contributed by atoms with E-state index < -0.39 is 5.91 Å². The number of aromatic nitrogens is 2. The first-order chi connectivity index (χ1) is 11.1. The molecule has 1 fully saturated rings. The van der Waals surface area contributed by atoms with Gasteiger partial charge in [0.15, 0.2) is 0 Å². The molecule has 4 N–H and O–H groups in total. The van der Waals surface area contributed by atoms with Crippen LogP contribution < -0.4 is 16.0 Å². The fourth-order valence-electron chi connectivity index (χ4n) is 2.77. The standard InChI is InChI=1S/C16H19N5O2/c17-15(22)11-4-5-14(21-8-2-1-3-9-21)13(10-11)19-16(23)12-6-7-18-20-12/h4-7,10H,1-3,8-9H2,(H2,17,22)(H,18,20)(H,19,23). The summed E-state index contributed by atoms with van der Waals surface area (Å²) in [5.41, 5.74) is 7.57. The summed E-state index contributed by atoms with van der Waals surface area (Å²) < 4.78 is 0. The summed E-state index contributed by atoms with van der Waals surface area (Å²) in [6.45, 7) is 1.87. The van der Waals surface area contributed by atoms with E-state index in [9.17, 15) is 9.59 Å². The molecule has 1 aromatic carbocycles. The lowest BCUT2D eigenvalue weighted by Gasteiger charge is -2.30. The van der Waals surface area contributed by atoms with Crippen LogP contribution in [-0.2, 0) is 0 Å². The third-order valence-corrected chi connectivity index (χ3v) is 3.97. The Hall–Kier alpha value is -2.83. The number of H-pyrrole nitrogens is 1. The van der Waals surface area contributed by atoms with E-state index in [0.29, 0.717) is 16.9 Å². The Balaban J connectivity index is 1.92. The molecule has 0 unspecified atom stereocenters. The Labute approximate surface area is 133 Å². The van der Waals surface area contributed by atoms with Gasteiger partial charge < -0.3 is 16.0 Å². The molecule has 0 radical (unpaired) electrons. The fraction of sp³-hybridized carbons (Fsp3) is 0.312. The summed E-state index contributed by atoms with van der Waals surface area (Å²) >= 11 is 0. The van der Waals surface area contributed by atoms with Crippen molar-refractivity contribution in [2.45, 2.75) is 19.3 Å². The molecule has 7 heteroatoms. The predicted octanol–water partition coefficient (Wildman–Crippen LogP) is 1.75. The number of hydrogen-bond acceptors (Lipinski definition) is 4. The van der Waals surface area contributed by atoms with Crippen molar-refractivity contribution in [2.24, 2.45) is 5.73 Å². The van der Waals surface area contributed by atoms with Crippen LogP contribution in [0.3, 0.4) is 0 Å². The van der Waals surface area contributed by atoms with Crippen molar-refractivity contribution in [1.29, 1.82) is 0 Å². The van der Waals surface area contributed by atoms with Gasteiger partial charge in [-0.1, -0.05) is 0 Å². The number of primary amides is 1. The number of nitrogens with one attached hydrogen (secondary N) is 2. The topological polar surface area (TPSA) is 104 Å². The second kappa shape index (κ2) is 6.51. The van der Waals surface area contributed by atoms with Crippen LogP contribution in [0.4, 0.5) is 11.4 Å². The monoisotopic (exact) mass is 313 g/mol. The molecule has 1 saturated heterocycles. The number of nitrogens with two attached hydrogens (primary N) is 1. The Morgan fingerprint density at radius 3 is 2.61 bits per heavy atom. The molecule has 7 nitrogen and oxygen atoms in total. The molecule has 0 bridgehead atoms. The van der Waals surface area contributed by atoms with Crippen LogP contribution in [0.25, 0.3) is 0 Å². The molecule has 3 rings (SSSR count). The Kier molecular flexibility index (Phi) is 4.27. The van der Waals surface area contributed by atoms with Gasteiger partial charge in [-0.2, -0.15) is 5.10 Å². The van der Waals surface area contributed by atoms with Crippen LogP contribution in [-0.4, -0.2) is 35.1 Å². The first-order valence-corrected chi connectivity index (χ1v) is 7.64. The lowest BCUT2D eigenvalue weighted by molar-refractivity contribution is 0.0995. The summed E-state index contributed by atoms with van der Waals surface area (Å²) in [4.78, 5) is 25.9. The van der Waals surface area contributed by atoms with Crippen LogP contribution in [0.5, 0.6) is 0 Å². The van der Waals surface area contributed by atoms with Gasteiger partial charge in [-0.25, -0.2) is 0 Å². The number of anilines is 2. The van der Waals surface area contributed by atoms with E-state index in [2.05, 4.69) is 20.4 Å². The van der Waals surface area contributed by atoms with Crippen LogP contribution in [0.2, 0.25) is 0 Å². The molecule has 0 spiro atoms. The van der Waals surface area contributed by atoms with Crippen LogP contribution in [0, 0.1) is 0 Å². The van der Waals surface area contributed by atoms with Crippen molar-refractivity contribution in [2.75, 3.05) is 23.3 Å². The fourth-order valence-corrected chi connectivity index (χ4v) is 2.77. The van der Waals surface area contributed by atoms with Gasteiger partial charge in [0.25, 0.3) is 5.91 Å². The van der Waals surface area contributed by atoms with Crippen molar-refractivity contribution in [3.8, 4) is 0 Å². The maximum Gasteiger partial charge on any atom is 0.273 e. The predicted molar refractivity (Wildman–Crippen MR) is 87.6 cm³/mol. The largest absolute Gasteiger partial charge is 0.370 e. The smallest absolute Gasteiger partial charge is 0.273 e. The van der Waals surface area contributed by atoms with Crippen molar-refractivity contribution < 1.29 is 9.59 Å². The molecule has 0 atom stereocenters. The van der Waals surface area contributed by atoms with Gasteiger partial charge in [0, 0.05) is 24.8 Å². The van der Waals surface area contributed by atoms with E-state index in [1.54, 1.807) is 18.2 Å². The lowest BCUT2D eigenvalue weighted by Crippen LogP contribution is -2.30. The molecule has 2 aromatic rings. The highest BCUT2D eigenvalue weighted by Crippen LogP contribution is 2.30. The van der Waals surface area contributed by atoms with Gasteiger partial charge in [-0.3, -0.25) is 14.7 Å². The normalized spacial score (nSPS) is 14.5. The third kappa shape index (κ3) is 3.33. The van der Waals surface area contributed by atoms with Gasteiger partial charge in [-0.05, 0) is 43.5 Å². The van der Waals surface area contributed by atoms with Crippen molar-refractivity contribution in [3.05, 3.63) is 41.7 Å². The van der Waals surface area contributed by atoms with Crippen molar-refractivity contribution in [3.63, 3.8) is 0 Å². The summed E-state index contributed by atoms with van der Waals surface area (Å²) in [5, 5.41) is 9.24. The molecular formula is C16H19N5O2. The number of piperidine rings is 1. The number of rotatable bonds is 4. The zero-order valence-corrected chi connectivity index (χ0v) is 12.7. The number of carbonyl (C=O) groups excluding carboxylic acids is 2. The molecule has 1 aliphatic heterocycles. The Bertz CT molecular complexity index is 705. The number of hydrogen-bond donors (Lipinski definition) is 3. The van der Waals surface area contributed by atoms with Crippen molar-refractivity contribution >= 4 is 23.2 Å². The highest BCUT2D eigenvalue weighted by molar-refractivity contribution is 6.06. The molecular weight excluding hydrogens is 294 g/mol. The lowest BCUT2D eigenvalue weighted by atomic mass is 10.1. The quantitative estimate of drug-likeness (QED) is 0.800. The highest BCUT2D eigenvalue weighted by Gasteiger charge is 2.18. The molecule has 1 aliphatic rings. The van der Waals surface area contributed by atoms with Gasteiger partial charge in [0.1, 0.15) is 5.69 Å². The second-order valence-corrected chi connectivity index (χ2v) is 5.57. The van der Waals surface area contributed by atoms with Crippen molar-refractivity contribution in [1.82, 2.24) is 10.2 Å². The minimum Gasteiger partial charge on any atom is -0.370 e. The second-order valence-electron chi connectivity index (χ2n) is 5.57. The van der Waals surface area contributed by atoms with Crippen LogP contribution >= 0.6 is 0 Å². The van der Waals surface area contributed by atoms with E-state index in [1.165, 1.54) is 12.6 Å². The molecule has 1 aromatic heterocycles. The molecule has 2 amide bonds. The molecule has 2 heterocycles. The molecule has 0 aliphatic carbocycles. The first-order valence-electron chi connectivity index (χ1n) is 7.64. The number of aromatic amines is 1. The van der Waals surface area contributed by atoms with Crippen LogP contribution in [0.15, 0.2) is 30.5 Å². The van der Waals surface area contributed by atoms with Gasteiger partial charge in [0.2, 0.25) is 5.91 Å². The Morgan fingerprint density at radius 2 is 1.96 bits per heavy atom. The number of benzene rings is 1. The number of amides is 2. The van der Waals surface area contributed by atoms with Gasteiger partial charge >= 0.3 is 0 Å². The molecule has 0 saturated carbocycles. The van der Waals surface area contributed by atoms with E-state index in [4.69, 9.17) is 5.73 Å². The average Bonchev–Trinajstić information content (AvgIpc) is 3.10. The van der Waals surface area contributed by atoms with E-state index >= 15 is 0 Å². The van der Waals surface area contributed by atoms with E-state index in [1.807, 2.05) is 6.07 Å². The van der Waals surface area contributed by atoms with Gasteiger partial charge in [0.05, 0.1) is 11.4 Å². The zero-order chi connectivity index (χ0) is 16.2. The maximum absolute atomic E-state index is 12.3. The summed E-state index contributed by atoms with van der Waals surface area (Å²) in [7, 11) is 0. The van der Waals surface area contributed by atoms with Crippen LogP contribution in [0.1, 0.15) is 40.1 Å². The van der Waals surface area contributed by atoms with E-state index in [0.717, 1.165) is 31.6 Å². The van der Waals surface area contributed by atoms with E-state index in [-0.39, 0.29) is 5.91 Å². The summed E-state index contributed by atoms with van der Waals surface area (Å²) in [6.07, 6.45) is 4.96. The minimum absolute atomic E-state index is 0.303. The SMILES string of the molecule is NC(=O)c1ccc(N2CCCCC2)c(NC(=O)c2ccn[nH]2)c1. The average molecular weight is 313 g/mol. The summed E-state index contributed by atoms with van der Waals surface area (Å²) in [5.74, 6) is -0.824. The minimum atomic E-state index is -0.521. The Morgan fingerprint density at radius 1 is 1.17 bits per heavy atom. The highest BCUT2D eigenvalue weighted by atomic mass is 16.2. The molecule has 23 heavy (non-hydrogen) atoms. The van der Waals surface area contributed by atoms with Gasteiger partial charge in [-0.15, -0.1) is 0 Å².